The smallest absolute Gasteiger partial charge is 0.272 e. The summed E-state index contributed by atoms with van der Waals surface area (Å²) in [5, 5.41) is 0. The summed E-state index contributed by atoms with van der Waals surface area (Å²) in [4.78, 5) is 19.1. The fraction of sp³-hybridized carbons (Fsp3) is 0.684. The second kappa shape index (κ2) is 6.45. The van der Waals surface area contributed by atoms with Gasteiger partial charge in [-0.1, -0.05) is 6.07 Å². The van der Waals surface area contributed by atoms with E-state index in [2.05, 4.69) is 4.98 Å². The number of nitrogens with zero attached hydrogens (tertiary/aromatic N) is 2. The highest BCUT2D eigenvalue weighted by molar-refractivity contribution is 5.92. The van der Waals surface area contributed by atoms with E-state index in [1.165, 1.54) is 12.8 Å². The molecule has 1 aliphatic carbocycles. The molecule has 5 nitrogen and oxygen atoms in total. The van der Waals surface area contributed by atoms with Gasteiger partial charge in [0.05, 0.1) is 24.9 Å². The van der Waals surface area contributed by atoms with Gasteiger partial charge in [0.2, 0.25) is 0 Å². The lowest BCUT2D eigenvalue weighted by molar-refractivity contribution is -0.0466. The molecule has 0 unspecified atom stereocenters. The van der Waals surface area contributed by atoms with Crippen molar-refractivity contribution in [3.8, 4) is 0 Å². The molecule has 1 amide bonds. The zero-order valence-corrected chi connectivity index (χ0v) is 14.4. The Hall–Kier alpha value is -1.46. The molecule has 24 heavy (non-hydrogen) atoms. The third-order valence-corrected chi connectivity index (χ3v) is 5.37. The summed E-state index contributed by atoms with van der Waals surface area (Å²) in [5.41, 5.74) is 1.19. The van der Waals surface area contributed by atoms with E-state index in [0.29, 0.717) is 18.8 Å². The minimum atomic E-state index is -0.216. The highest BCUT2D eigenvalue weighted by Gasteiger charge is 2.45. The standard InChI is InChI=1S/C19H26N2O3/c1-14-4-2-5-17(20-14)18(22)21-9-3-8-19(13-21)10-16(12-24-19)23-11-15-6-7-15/h2,4-5,15-16H,3,6-13H2,1H3/t16-,19-/m0/s1. The lowest BCUT2D eigenvalue weighted by Gasteiger charge is -2.39. The van der Waals surface area contributed by atoms with Crippen molar-refractivity contribution in [3.05, 3.63) is 29.6 Å². The average molecular weight is 330 g/mol. The molecule has 1 saturated carbocycles. The van der Waals surface area contributed by atoms with Gasteiger partial charge in [-0.05, 0) is 50.7 Å². The van der Waals surface area contributed by atoms with Crippen LogP contribution in [0.4, 0.5) is 0 Å². The van der Waals surface area contributed by atoms with Crippen LogP contribution in [0.25, 0.3) is 0 Å². The Morgan fingerprint density at radius 2 is 2.33 bits per heavy atom. The van der Waals surface area contributed by atoms with E-state index in [0.717, 1.165) is 44.0 Å². The first-order valence-corrected chi connectivity index (χ1v) is 9.12. The van der Waals surface area contributed by atoms with Crippen molar-refractivity contribution in [1.29, 1.82) is 0 Å². The summed E-state index contributed by atoms with van der Waals surface area (Å²) in [7, 11) is 0. The van der Waals surface area contributed by atoms with Gasteiger partial charge in [-0.15, -0.1) is 0 Å². The Morgan fingerprint density at radius 1 is 1.46 bits per heavy atom. The van der Waals surface area contributed by atoms with Gasteiger partial charge in [-0.3, -0.25) is 4.79 Å². The molecule has 0 aromatic carbocycles. The molecule has 1 aromatic heterocycles. The van der Waals surface area contributed by atoms with Gasteiger partial charge in [0.15, 0.2) is 0 Å². The maximum atomic E-state index is 12.8. The number of amides is 1. The molecule has 3 aliphatic rings. The largest absolute Gasteiger partial charge is 0.375 e. The topological polar surface area (TPSA) is 51.7 Å². The highest BCUT2D eigenvalue weighted by atomic mass is 16.6. The average Bonchev–Trinajstić information content (AvgIpc) is 3.35. The molecule has 4 rings (SSSR count). The summed E-state index contributed by atoms with van der Waals surface area (Å²) in [5.74, 6) is 0.794. The van der Waals surface area contributed by atoms with E-state index in [9.17, 15) is 4.79 Å². The van der Waals surface area contributed by atoms with Crippen molar-refractivity contribution in [2.45, 2.75) is 50.7 Å². The number of rotatable bonds is 4. The predicted octanol–water partition coefficient (Wildman–Crippen LogP) is 2.58. The van der Waals surface area contributed by atoms with E-state index >= 15 is 0 Å². The van der Waals surface area contributed by atoms with Crippen molar-refractivity contribution < 1.29 is 14.3 Å². The van der Waals surface area contributed by atoms with Crippen LogP contribution in [0.1, 0.15) is 48.3 Å². The first-order chi connectivity index (χ1) is 11.6. The third-order valence-electron chi connectivity index (χ3n) is 5.37. The third kappa shape index (κ3) is 3.47. The Bertz CT molecular complexity index is 616. The zero-order valence-electron chi connectivity index (χ0n) is 14.4. The van der Waals surface area contributed by atoms with E-state index in [1.807, 2.05) is 24.0 Å². The predicted molar refractivity (Wildman–Crippen MR) is 89.9 cm³/mol. The highest BCUT2D eigenvalue weighted by Crippen LogP contribution is 2.37. The second-order valence-electron chi connectivity index (χ2n) is 7.59. The number of pyridine rings is 1. The van der Waals surface area contributed by atoms with Crippen LogP contribution in [-0.4, -0.2) is 53.8 Å². The fourth-order valence-corrected chi connectivity index (χ4v) is 3.85. The molecule has 0 bridgehead atoms. The minimum Gasteiger partial charge on any atom is -0.375 e. The van der Waals surface area contributed by atoms with E-state index in [4.69, 9.17) is 9.47 Å². The summed E-state index contributed by atoms with van der Waals surface area (Å²) >= 11 is 0. The molecular formula is C19H26N2O3. The number of ether oxygens (including phenoxy) is 2. The van der Waals surface area contributed by atoms with Crippen molar-refractivity contribution in [1.82, 2.24) is 9.88 Å². The number of likely N-dealkylation sites (tertiary alicyclic amines) is 1. The van der Waals surface area contributed by atoms with Crippen LogP contribution in [-0.2, 0) is 9.47 Å². The molecule has 0 N–H and O–H groups in total. The summed E-state index contributed by atoms with van der Waals surface area (Å²) < 4.78 is 12.2. The Kier molecular flexibility index (Phi) is 4.31. The van der Waals surface area contributed by atoms with E-state index in [1.54, 1.807) is 6.07 Å². The number of piperidine rings is 1. The van der Waals surface area contributed by atoms with Crippen molar-refractivity contribution >= 4 is 5.91 Å². The molecule has 2 saturated heterocycles. The molecule has 0 radical (unpaired) electrons. The molecule has 3 fully saturated rings. The summed E-state index contributed by atoms with van der Waals surface area (Å²) in [6, 6.07) is 5.60. The van der Waals surface area contributed by atoms with Crippen LogP contribution in [0, 0.1) is 12.8 Å². The normalized spacial score (nSPS) is 30.0. The fourth-order valence-electron chi connectivity index (χ4n) is 3.85. The summed E-state index contributed by atoms with van der Waals surface area (Å²) in [6.45, 7) is 4.89. The van der Waals surface area contributed by atoms with Crippen LogP contribution in [0.2, 0.25) is 0 Å². The van der Waals surface area contributed by atoms with Gasteiger partial charge in [-0.2, -0.15) is 0 Å². The molecular weight excluding hydrogens is 304 g/mol. The lowest BCUT2D eigenvalue weighted by Crippen LogP contribution is -2.50. The second-order valence-corrected chi connectivity index (χ2v) is 7.59. The minimum absolute atomic E-state index is 0.0173. The van der Waals surface area contributed by atoms with Gasteiger partial charge in [0.1, 0.15) is 5.69 Å². The molecule has 2 aliphatic heterocycles. The number of hydrogen-bond acceptors (Lipinski definition) is 4. The Labute approximate surface area is 143 Å². The zero-order chi connectivity index (χ0) is 16.6. The van der Waals surface area contributed by atoms with Crippen molar-refractivity contribution in [3.63, 3.8) is 0 Å². The maximum Gasteiger partial charge on any atom is 0.272 e. The Balaban J connectivity index is 1.39. The van der Waals surface area contributed by atoms with Crippen LogP contribution in [0.3, 0.4) is 0 Å². The molecule has 1 spiro atoms. The summed E-state index contributed by atoms with van der Waals surface area (Å²) in [6.07, 6.45) is 5.71. The molecule has 2 atom stereocenters. The van der Waals surface area contributed by atoms with Crippen molar-refractivity contribution in [2.24, 2.45) is 5.92 Å². The van der Waals surface area contributed by atoms with E-state index in [-0.39, 0.29) is 17.6 Å². The Morgan fingerprint density at radius 3 is 3.12 bits per heavy atom. The van der Waals surface area contributed by atoms with Gasteiger partial charge < -0.3 is 14.4 Å². The first-order valence-electron chi connectivity index (χ1n) is 9.12. The van der Waals surface area contributed by atoms with Crippen LogP contribution >= 0.6 is 0 Å². The van der Waals surface area contributed by atoms with Gasteiger partial charge in [0.25, 0.3) is 5.91 Å². The van der Waals surface area contributed by atoms with Gasteiger partial charge >= 0.3 is 0 Å². The molecule has 130 valence electrons. The van der Waals surface area contributed by atoms with Crippen LogP contribution in [0.15, 0.2) is 18.2 Å². The van der Waals surface area contributed by atoms with Gasteiger partial charge in [0, 0.05) is 25.3 Å². The van der Waals surface area contributed by atoms with Crippen LogP contribution < -0.4 is 0 Å². The number of carbonyl (C=O) groups excluding carboxylic acids is 1. The van der Waals surface area contributed by atoms with Crippen LogP contribution in [0.5, 0.6) is 0 Å². The number of aromatic nitrogens is 1. The molecule has 5 heteroatoms. The number of hydrogen-bond donors (Lipinski definition) is 0. The van der Waals surface area contributed by atoms with E-state index < -0.39 is 0 Å². The number of carbonyl (C=O) groups is 1. The maximum absolute atomic E-state index is 12.8. The number of aryl methyl sites for hydroxylation is 1. The SMILES string of the molecule is Cc1cccc(C(=O)N2CCC[C@]3(C[C@H](OCC4CC4)CO3)C2)n1. The molecule has 1 aromatic rings. The monoisotopic (exact) mass is 330 g/mol. The molecule has 3 heterocycles. The van der Waals surface area contributed by atoms with Gasteiger partial charge in [-0.25, -0.2) is 4.98 Å². The quantitative estimate of drug-likeness (QED) is 0.851. The van der Waals surface area contributed by atoms with Crippen molar-refractivity contribution in [2.75, 3.05) is 26.3 Å². The lowest BCUT2D eigenvalue weighted by atomic mass is 9.89. The first kappa shape index (κ1) is 16.0.